The quantitative estimate of drug-likeness (QED) is 0.836. The fourth-order valence-electron chi connectivity index (χ4n) is 1.96. The van der Waals surface area contributed by atoms with E-state index in [2.05, 4.69) is 5.32 Å². The fourth-order valence-corrected chi connectivity index (χ4v) is 1.96. The van der Waals surface area contributed by atoms with Crippen LogP contribution in [0.3, 0.4) is 0 Å². The minimum absolute atomic E-state index is 0.107. The summed E-state index contributed by atoms with van der Waals surface area (Å²) in [5.74, 6) is -0.107. The van der Waals surface area contributed by atoms with E-state index in [1.54, 1.807) is 13.8 Å². The average molecular weight is 236 g/mol. The molecule has 0 spiro atoms. The molecule has 0 bridgehead atoms. The average Bonchev–Trinajstić information content (AvgIpc) is 2.59. The molecule has 1 aliphatic rings. The summed E-state index contributed by atoms with van der Waals surface area (Å²) in [6, 6.07) is 4.21. The maximum Gasteiger partial charge on any atom is 0.268 e. The Kier molecular flexibility index (Phi) is 3.24. The molecule has 0 aliphatic heterocycles. The van der Waals surface area contributed by atoms with E-state index in [0.717, 1.165) is 12.8 Å². The molecule has 1 aromatic heterocycles. The molecule has 2 rings (SSSR count). The minimum atomic E-state index is -0.871. The van der Waals surface area contributed by atoms with E-state index in [0.29, 0.717) is 11.7 Å². The van der Waals surface area contributed by atoms with Gasteiger partial charge in [-0.1, -0.05) is 0 Å². The molecule has 0 aromatic carbocycles. The summed E-state index contributed by atoms with van der Waals surface area (Å²) in [7, 11) is 0. The molecule has 1 heterocycles. The lowest BCUT2D eigenvalue weighted by molar-refractivity contribution is 0.0687. The molecule has 94 valence electrons. The van der Waals surface area contributed by atoms with E-state index < -0.39 is 5.60 Å². The summed E-state index contributed by atoms with van der Waals surface area (Å²) in [5.41, 5.74) is -0.178. The number of carbonyl (C=O) groups is 1. The lowest BCUT2D eigenvalue weighted by Gasteiger charge is -2.29. The van der Waals surface area contributed by atoms with Crippen molar-refractivity contribution in [1.29, 1.82) is 0 Å². The van der Waals surface area contributed by atoms with Gasteiger partial charge >= 0.3 is 0 Å². The van der Waals surface area contributed by atoms with Gasteiger partial charge in [0.1, 0.15) is 5.69 Å². The van der Waals surface area contributed by atoms with Gasteiger partial charge in [0.2, 0.25) is 0 Å². The molecule has 17 heavy (non-hydrogen) atoms. The Morgan fingerprint density at radius 1 is 1.59 bits per heavy atom. The Morgan fingerprint density at radius 3 is 2.82 bits per heavy atom. The highest BCUT2D eigenvalue weighted by Crippen LogP contribution is 2.32. The van der Waals surface area contributed by atoms with Crippen LogP contribution in [-0.4, -0.2) is 27.7 Å². The topological polar surface area (TPSA) is 54.3 Å². The van der Waals surface area contributed by atoms with Gasteiger partial charge < -0.3 is 15.0 Å². The summed E-state index contributed by atoms with van der Waals surface area (Å²) in [6.07, 6.45) is 5.51. The van der Waals surface area contributed by atoms with Crippen molar-refractivity contribution in [3.8, 4) is 0 Å². The highest BCUT2D eigenvalue weighted by Gasteiger charge is 2.23. The van der Waals surface area contributed by atoms with Crippen LogP contribution in [0.1, 0.15) is 49.6 Å². The van der Waals surface area contributed by atoms with E-state index >= 15 is 0 Å². The first kappa shape index (κ1) is 12.2. The molecule has 0 saturated heterocycles. The first-order chi connectivity index (χ1) is 7.97. The van der Waals surface area contributed by atoms with E-state index in [1.165, 1.54) is 6.42 Å². The van der Waals surface area contributed by atoms with Gasteiger partial charge in [0.15, 0.2) is 0 Å². The zero-order valence-electron chi connectivity index (χ0n) is 10.4. The Hall–Kier alpha value is -1.29. The maximum absolute atomic E-state index is 12.0. The Morgan fingerprint density at radius 2 is 2.29 bits per heavy atom. The molecule has 1 saturated carbocycles. The fraction of sp³-hybridized carbons (Fsp3) is 0.615. The van der Waals surface area contributed by atoms with Crippen molar-refractivity contribution >= 4 is 5.91 Å². The van der Waals surface area contributed by atoms with Crippen LogP contribution in [0.2, 0.25) is 0 Å². The van der Waals surface area contributed by atoms with Crippen LogP contribution < -0.4 is 5.32 Å². The number of aromatic nitrogens is 1. The summed E-state index contributed by atoms with van der Waals surface area (Å²) in [5, 5.41) is 12.3. The Bertz CT molecular complexity index is 400. The molecule has 2 N–H and O–H groups in total. The first-order valence-electron chi connectivity index (χ1n) is 6.15. The van der Waals surface area contributed by atoms with Crippen molar-refractivity contribution in [1.82, 2.24) is 9.88 Å². The number of nitrogens with one attached hydrogen (secondary N) is 1. The molecule has 1 aliphatic carbocycles. The molecule has 4 nitrogen and oxygen atoms in total. The zero-order chi connectivity index (χ0) is 12.5. The monoisotopic (exact) mass is 236 g/mol. The molecular weight excluding hydrogens is 216 g/mol. The van der Waals surface area contributed by atoms with Crippen LogP contribution in [-0.2, 0) is 0 Å². The summed E-state index contributed by atoms with van der Waals surface area (Å²) < 4.78 is 2.04. The lowest BCUT2D eigenvalue weighted by Crippen LogP contribution is -2.39. The van der Waals surface area contributed by atoms with Gasteiger partial charge in [0.25, 0.3) is 5.91 Å². The number of rotatable bonds is 4. The molecule has 1 amide bonds. The Labute approximate surface area is 102 Å². The number of amides is 1. The summed E-state index contributed by atoms with van der Waals surface area (Å²) in [6.45, 7) is 3.62. The molecule has 1 fully saturated rings. The number of nitrogens with zero attached hydrogens (tertiary/aromatic N) is 1. The molecule has 0 unspecified atom stereocenters. The van der Waals surface area contributed by atoms with Crippen molar-refractivity contribution in [2.45, 2.75) is 44.8 Å². The first-order valence-corrected chi connectivity index (χ1v) is 6.15. The molecule has 0 radical (unpaired) electrons. The van der Waals surface area contributed by atoms with Crippen LogP contribution in [0.15, 0.2) is 18.3 Å². The van der Waals surface area contributed by atoms with Gasteiger partial charge in [-0.15, -0.1) is 0 Å². The van der Waals surface area contributed by atoms with Crippen LogP contribution in [0.5, 0.6) is 0 Å². The van der Waals surface area contributed by atoms with Crippen LogP contribution in [0, 0.1) is 0 Å². The predicted molar refractivity (Wildman–Crippen MR) is 66.0 cm³/mol. The standard InChI is InChI=1S/C13H20N2O2/c1-13(2,17)9-14-12(16)11-7-4-8-15(11)10-5-3-6-10/h4,7-8,10,17H,3,5-6,9H2,1-2H3,(H,14,16). The van der Waals surface area contributed by atoms with E-state index in [9.17, 15) is 9.90 Å². The van der Waals surface area contributed by atoms with Crippen molar-refractivity contribution in [2.75, 3.05) is 6.54 Å². The van der Waals surface area contributed by atoms with Gasteiger partial charge in [-0.2, -0.15) is 0 Å². The normalized spacial score (nSPS) is 16.6. The largest absolute Gasteiger partial charge is 0.389 e. The predicted octanol–water partition coefficient (Wildman–Crippen LogP) is 1.71. The molecule has 1 aromatic rings. The van der Waals surface area contributed by atoms with E-state index in [1.807, 2.05) is 22.9 Å². The van der Waals surface area contributed by atoms with Gasteiger partial charge in [0, 0.05) is 18.8 Å². The van der Waals surface area contributed by atoms with Crippen LogP contribution in [0.4, 0.5) is 0 Å². The molecular formula is C13H20N2O2. The molecule has 0 atom stereocenters. The third-order valence-corrected chi connectivity index (χ3v) is 3.16. The second-order valence-electron chi connectivity index (χ2n) is 5.38. The summed E-state index contributed by atoms with van der Waals surface area (Å²) >= 11 is 0. The van der Waals surface area contributed by atoms with E-state index in [4.69, 9.17) is 0 Å². The number of hydrogen-bond acceptors (Lipinski definition) is 2. The third kappa shape index (κ3) is 2.88. The smallest absolute Gasteiger partial charge is 0.268 e. The number of carbonyl (C=O) groups excluding carboxylic acids is 1. The highest BCUT2D eigenvalue weighted by atomic mass is 16.3. The van der Waals surface area contributed by atoms with Crippen molar-refractivity contribution in [3.63, 3.8) is 0 Å². The minimum Gasteiger partial charge on any atom is -0.389 e. The van der Waals surface area contributed by atoms with Crippen molar-refractivity contribution in [2.24, 2.45) is 0 Å². The van der Waals surface area contributed by atoms with Gasteiger partial charge in [0.05, 0.1) is 5.60 Å². The summed E-state index contributed by atoms with van der Waals surface area (Å²) in [4.78, 5) is 12.0. The number of aliphatic hydroxyl groups is 1. The van der Waals surface area contributed by atoms with Crippen molar-refractivity contribution < 1.29 is 9.90 Å². The van der Waals surface area contributed by atoms with E-state index in [-0.39, 0.29) is 12.5 Å². The van der Waals surface area contributed by atoms with Crippen molar-refractivity contribution in [3.05, 3.63) is 24.0 Å². The number of hydrogen-bond donors (Lipinski definition) is 2. The second-order valence-corrected chi connectivity index (χ2v) is 5.38. The van der Waals surface area contributed by atoms with Gasteiger partial charge in [-0.25, -0.2) is 0 Å². The van der Waals surface area contributed by atoms with Gasteiger partial charge in [-0.3, -0.25) is 4.79 Å². The lowest BCUT2D eigenvalue weighted by atomic mass is 9.93. The maximum atomic E-state index is 12.0. The third-order valence-electron chi connectivity index (χ3n) is 3.16. The SMILES string of the molecule is CC(C)(O)CNC(=O)c1cccn1C1CCC1. The van der Waals surface area contributed by atoms with Gasteiger partial charge in [-0.05, 0) is 45.2 Å². The zero-order valence-corrected chi connectivity index (χ0v) is 10.4. The molecule has 4 heteroatoms. The van der Waals surface area contributed by atoms with Crippen LogP contribution in [0.25, 0.3) is 0 Å². The highest BCUT2D eigenvalue weighted by molar-refractivity contribution is 5.92. The Balaban J connectivity index is 2.01. The second kappa shape index (κ2) is 4.53. The van der Waals surface area contributed by atoms with Crippen LogP contribution >= 0.6 is 0 Å².